The number of rotatable bonds is 6. The number of hydrogen-bond acceptors (Lipinski definition) is 3. The zero-order chi connectivity index (χ0) is 12.8. The lowest BCUT2D eigenvalue weighted by atomic mass is 10.1. The Morgan fingerprint density at radius 1 is 1.39 bits per heavy atom. The molecule has 1 fully saturated rings. The smallest absolute Gasteiger partial charge is 0.119 e. The summed E-state index contributed by atoms with van der Waals surface area (Å²) in [4.78, 5) is 0. The molecule has 3 nitrogen and oxygen atoms in total. The Kier molecular flexibility index (Phi) is 5.02. The molecule has 2 atom stereocenters. The third-order valence-electron chi connectivity index (χ3n) is 3.48. The van der Waals surface area contributed by atoms with Gasteiger partial charge < -0.3 is 15.2 Å². The van der Waals surface area contributed by atoms with Crippen LogP contribution in [0.5, 0.6) is 5.75 Å². The molecule has 1 aromatic rings. The van der Waals surface area contributed by atoms with E-state index in [1.54, 1.807) is 0 Å². The van der Waals surface area contributed by atoms with Crippen LogP contribution in [0.3, 0.4) is 0 Å². The molecule has 0 aromatic heterocycles. The van der Waals surface area contributed by atoms with Crippen molar-refractivity contribution in [3.8, 4) is 5.75 Å². The van der Waals surface area contributed by atoms with E-state index in [0.717, 1.165) is 31.8 Å². The summed E-state index contributed by atoms with van der Waals surface area (Å²) in [6.07, 6.45) is 4.70. The summed E-state index contributed by atoms with van der Waals surface area (Å²) < 4.78 is 11.3. The molecule has 2 N–H and O–H groups in total. The lowest BCUT2D eigenvalue weighted by Gasteiger charge is -2.12. The maximum Gasteiger partial charge on any atom is 0.119 e. The molecule has 18 heavy (non-hydrogen) atoms. The lowest BCUT2D eigenvalue weighted by Crippen LogP contribution is -2.11. The van der Waals surface area contributed by atoms with Gasteiger partial charge in [-0.15, -0.1) is 0 Å². The maximum atomic E-state index is 5.97. The molecule has 0 amide bonds. The molecule has 100 valence electrons. The molecule has 1 heterocycles. The van der Waals surface area contributed by atoms with Crippen LogP contribution in [0.25, 0.3) is 0 Å². The number of hydrogen-bond donors (Lipinski definition) is 1. The van der Waals surface area contributed by atoms with Gasteiger partial charge in [0.2, 0.25) is 0 Å². The largest absolute Gasteiger partial charge is 0.493 e. The summed E-state index contributed by atoms with van der Waals surface area (Å²) in [5.74, 6) is 0.917. The minimum atomic E-state index is 0.130. The van der Waals surface area contributed by atoms with Gasteiger partial charge in [-0.05, 0) is 37.0 Å². The second-order valence-corrected chi connectivity index (χ2v) is 4.86. The van der Waals surface area contributed by atoms with Crippen LogP contribution in [0, 0.1) is 0 Å². The Morgan fingerprint density at radius 2 is 2.17 bits per heavy atom. The summed E-state index contributed by atoms with van der Waals surface area (Å²) in [5.41, 5.74) is 7.14. The highest BCUT2D eigenvalue weighted by Gasteiger charge is 2.14. The number of benzene rings is 1. The van der Waals surface area contributed by atoms with E-state index >= 15 is 0 Å². The van der Waals surface area contributed by atoms with E-state index in [0.29, 0.717) is 6.10 Å². The molecule has 0 bridgehead atoms. The lowest BCUT2D eigenvalue weighted by molar-refractivity contribution is 0.0903. The van der Waals surface area contributed by atoms with Gasteiger partial charge in [-0.3, -0.25) is 0 Å². The topological polar surface area (TPSA) is 44.5 Å². The fourth-order valence-electron chi connectivity index (χ4n) is 2.23. The first-order valence-corrected chi connectivity index (χ1v) is 6.89. The highest BCUT2D eigenvalue weighted by Crippen LogP contribution is 2.19. The van der Waals surface area contributed by atoms with Gasteiger partial charge in [-0.25, -0.2) is 0 Å². The Bertz CT molecular complexity index is 344. The second kappa shape index (κ2) is 6.76. The van der Waals surface area contributed by atoms with Gasteiger partial charge in [0.25, 0.3) is 0 Å². The van der Waals surface area contributed by atoms with Crippen LogP contribution in [0.4, 0.5) is 0 Å². The molecule has 2 rings (SSSR count). The van der Waals surface area contributed by atoms with Crippen LogP contribution in [-0.2, 0) is 4.74 Å². The SMILES string of the molecule is CC[C@H](N)c1ccc(OCCC2CCCO2)cc1. The van der Waals surface area contributed by atoms with Gasteiger partial charge in [-0.1, -0.05) is 19.1 Å². The second-order valence-electron chi connectivity index (χ2n) is 4.86. The molecule has 0 radical (unpaired) electrons. The normalized spacial score (nSPS) is 20.9. The Labute approximate surface area is 109 Å². The van der Waals surface area contributed by atoms with Crippen LogP contribution in [-0.4, -0.2) is 19.3 Å². The molecule has 1 aromatic carbocycles. The van der Waals surface area contributed by atoms with Crippen molar-refractivity contribution in [3.63, 3.8) is 0 Å². The highest BCUT2D eigenvalue weighted by molar-refractivity contribution is 5.28. The van der Waals surface area contributed by atoms with E-state index in [2.05, 4.69) is 19.1 Å². The molecular weight excluding hydrogens is 226 g/mol. The summed E-state index contributed by atoms with van der Waals surface area (Å²) in [7, 11) is 0. The van der Waals surface area contributed by atoms with Crippen LogP contribution in [0.1, 0.15) is 44.2 Å². The third-order valence-corrected chi connectivity index (χ3v) is 3.48. The number of nitrogens with two attached hydrogens (primary N) is 1. The number of ether oxygens (including phenoxy) is 2. The first kappa shape index (κ1) is 13.4. The van der Waals surface area contributed by atoms with Crippen molar-refractivity contribution in [3.05, 3.63) is 29.8 Å². The maximum absolute atomic E-state index is 5.97. The van der Waals surface area contributed by atoms with Gasteiger partial charge >= 0.3 is 0 Å². The van der Waals surface area contributed by atoms with E-state index in [4.69, 9.17) is 15.2 Å². The van der Waals surface area contributed by atoms with Crippen LogP contribution in [0.15, 0.2) is 24.3 Å². The van der Waals surface area contributed by atoms with Crippen LogP contribution < -0.4 is 10.5 Å². The van der Waals surface area contributed by atoms with E-state index in [1.165, 1.54) is 18.4 Å². The summed E-state index contributed by atoms with van der Waals surface area (Å²) in [6, 6.07) is 8.23. The molecular formula is C15H23NO2. The minimum Gasteiger partial charge on any atom is -0.493 e. The van der Waals surface area contributed by atoms with Gasteiger partial charge in [0.05, 0.1) is 12.7 Å². The minimum absolute atomic E-state index is 0.130. The predicted molar refractivity (Wildman–Crippen MR) is 72.7 cm³/mol. The van der Waals surface area contributed by atoms with Crippen molar-refractivity contribution in [2.45, 2.75) is 44.8 Å². The van der Waals surface area contributed by atoms with Crippen LogP contribution >= 0.6 is 0 Å². The first-order chi connectivity index (χ1) is 8.79. The van der Waals surface area contributed by atoms with Crippen molar-refractivity contribution in [2.75, 3.05) is 13.2 Å². The van der Waals surface area contributed by atoms with Gasteiger partial charge in [0, 0.05) is 19.1 Å². The van der Waals surface area contributed by atoms with Crippen LogP contribution in [0.2, 0.25) is 0 Å². The fraction of sp³-hybridized carbons (Fsp3) is 0.600. The quantitative estimate of drug-likeness (QED) is 0.842. The van der Waals surface area contributed by atoms with Crippen molar-refractivity contribution >= 4 is 0 Å². The average molecular weight is 249 g/mol. The standard InChI is InChI=1S/C15H23NO2/c1-2-15(16)12-5-7-14(8-6-12)18-11-9-13-4-3-10-17-13/h5-8,13,15H,2-4,9-11,16H2,1H3/t13?,15-/m0/s1. The van der Waals surface area contributed by atoms with Crippen molar-refractivity contribution in [2.24, 2.45) is 5.73 Å². The van der Waals surface area contributed by atoms with Gasteiger partial charge in [0.15, 0.2) is 0 Å². The highest BCUT2D eigenvalue weighted by atomic mass is 16.5. The summed E-state index contributed by atoms with van der Waals surface area (Å²) in [6.45, 7) is 3.73. The molecule has 1 aliphatic heterocycles. The van der Waals surface area contributed by atoms with Crippen molar-refractivity contribution in [1.29, 1.82) is 0 Å². The van der Waals surface area contributed by atoms with Crippen molar-refractivity contribution in [1.82, 2.24) is 0 Å². The summed E-state index contributed by atoms with van der Waals surface area (Å²) >= 11 is 0. The molecule has 0 saturated carbocycles. The third kappa shape index (κ3) is 3.72. The first-order valence-electron chi connectivity index (χ1n) is 6.89. The molecule has 0 spiro atoms. The molecule has 0 aliphatic carbocycles. The fourth-order valence-corrected chi connectivity index (χ4v) is 2.23. The molecule has 1 unspecified atom stereocenters. The van der Waals surface area contributed by atoms with E-state index in [-0.39, 0.29) is 6.04 Å². The predicted octanol–water partition coefficient (Wildman–Crippen LogP) is 3.04. The van der Waals surface area contributed by atoms with Gasteiger partial charge in [0.1, 0.15) is 5.75 Å². The average Bonchev–Trinajstić information content (AvgIpc) is 2.92. The molecule has 1 saturated heterocycles. The van der Waals surface area contributed by atoms with E-state index in [9.17, 15) is 0 Å². The Balaban J connectivity index is 1.75. The Morgan fingerprint density at radius 3 is 2.78 bits per heavy atom. The van der Waals surface area contributed by atoms with Crippen molar-refractivity contribution < 1.29 is 9.47 Å². The van der Waals surface area contributed by atoms with E-state index in [1.807, 2.05) is 12.1 Å². The van der Waals surface area contributed by atoms with E-state index < -0.39 is 0 Å². The monoisotopic (exact) mass is 249 g/mol. The Hall–Kier alpha value is -1.06. The zero-order valence-electron chi connectivity index (χ0n) is 11.1. The van der Waals surface area contributed by atoms with Gasteiger partial charge in [-0.2, -0.15) is 0 Å². The molecule has 1 aliphatic rings. The summed E-state index contributed by atoms with van der Waals surface area (Å²) in [5, 5.41) is 0. The zero-order valence-corrected chi connectivity index (χ0v) is 11.1. The molecule has 3 heteroatoms.